The van der Waals surface area contributed by atoms with Gasteiger partial charge in [-0.3, -0.25) is 5.10 Å². The predicted molar refractivity (Wildman–Crippen MR) is 67.1 cm³/mol. The van der Waals surface area contributed by atoms with Crippen LogP contribution in [0.1, 0.15) is 11.3 Å². The predicted octanol–water partition coefficient (Wildman–Crippen LogP) is 1.67. The van der Waals surface area contributed by atoms with Crippen LogP contribution in [0.25, 0.3) is 11.0 Å². The van der Waals surface area contributed by atoms with Gasteiger partial charge in [-0.2, -0.15) is 5.10 Å². The van der Waals surface area contributed by atoms with Gasteiger partial charge in [-0.05, 0) is 17.7 Å². The maximum atomic E-state index is 5.37. The SMILES string of the molecule is c1ncc2n[nH]c(Cc3ccc4c(c3)OCO4)c2n1. The fourth-order valence-electron chi connectivity index (χ4n) is 2.20. The van der Waals surface area contributed by atoms with Crippen LogP contribution in [0.5, 0.6) is 11.5 Å². The smallest absolute Gasteiger partial charge is 0.231 e. The summed E-state index contributed by atoms with van der Waals surface area (Å²) >= 11 is 0. The summed E-state index contributed by atoms with van der Waals surface area (Å²) in [5, 5.41) is 7.19. The van der Waals surface area contributed by atoms with Crippen molar-refractivity contribution in [2.75, 3.05) is 6.79 Å². The summed E-state index contributed by atoms with van der Waals surface area (Å²) in [7, 11) is 0. The Labute approximate surface area is 108 Å². The molecule has 1 aliphatic heterocycles. The van der Waals surface area contributed by atoms with Gasteiger partial charge in [-0.15, -0.1) is 0 Å². The molecule has 0 bridgehead atoms. The van der Waals surface area contributed by atoms with Crippen molar-refractivity contribution in [3.8, 4) is 11.5 Å². The van der Waals surface area contributed by atoms with Crippen molar-refractivity contribution in [3.05, 3.63) is 42.0 Å². The number of hydrogen-bond acceptors (Lipinski definition) is 5. The fourth-order valence-corrected chi connectivity index (χ4v) is 2.20. The highest BCUT2D eigenvalue weighted by Crippen LogP contribution is 2.33. The van der Waals surface area contributed by atoms with Crippen LogP contribution in [0, 0.1) is 0 Å². The number of benzene rings is 1. The van der Waals surface area contributed by atoms with Crippen LogP contribution in [0.15, 0.2) is 30.7 Å². The van der Waals surface area contributed by atoms with Crippen LogP contribution in [0.3, 0.4) is 0 Å². The molecule has 3 aromatic rings. The monoisotopic (exact) mass is 254 g/mol. The summed E-state index contributed by atoms with van der Waals surface area (Å²) in [6.07, 6.45) is 3.94. The molecule has 19 heavy (non-hydrogen) atoms. The Bertz CT molecular complexity index is 753. The molecule has 4 rings (SSSR count). The second-order valence-electron chi connectivity index (χ2n) is 4.32. The van der Waals surface area contributed by atoms with Crippen LogP contribution in [0.2, 0.25) is 0 Å². The normalized spacial score (nSPS) is 13.1. The minimum Gasteiger partial charge on any atom is -0.454 e. The highest BCUT2D eigenvalue weighted by atomic mass is 16.7. The highest BCUT2D eigenvalue weighted by Gasteiger charge is 2.14. The van der Waals surface area contributed by atoms with E-state index in [1.165, 1.54) is 6.33 Å². The van der Waals surface area contributed by atoms with Gasteiger partial charge in [0.2, 0.25) is 6.79 Å². The van der Waals surface area contributed by atoms with E-state index in [4.69, 9.17) is 9.47 Å². The second kappa shape index (κ2) is 3.94. The van der Waals surface area contributed by atoms with Gasteiger partial charge in [0.1, 0.15) is 17.4 Å². The van der Waals surface area contributed by atoms with Gasteiger partial charge in [0.05, 0.1) is 11.9 Å². The lowest BCUT2D eigenvalue weighted by Gasteiger charge is -2.01. The lowest BCUT2D eigenvalue weighted by atomic mass is 10.1. The van der Waals surface area contributed by atoms with Crippen LogP contribution in [-0.2, 0) is 6.42 Å². The van der Waals surface area contributed by atoms with E-state index in [2.05, 4.69) is 20.2 Å². The summed E-state index contributed by atoms with van der Waals surface area (Å²) in [5.74, 6) is 1.58. The number of hydrogen-bond donors (Lipinski definition) is 1. The average Bonchev–Trinajstić information content (AvgIpc) is 3.06. The van der Waals surface area contributed by atoms with E-state index < -0.39 is 0 Å². The van der Waals surface area contributed by atoms with Gasteiger partial charge < -0.3 is 9.47 Å². The van der Waals surface area contributed by atoms with Crippen molar-refractivity contribution in [1.29, 1.82) is 0 Å². The second-order valence-corrected chi connectivity index (χ2v) is 4.32. The highest BCUT2D eigenvalue weighted by molar-refractivity contribution is 5.75. The molecule has 0 radical (unpaired) electrons. The first-order valence-corrected chi connectivity index (χ1v) is 5.91. The van der Waals surface area contributed by atoms with Gasteiger partial charge in [-0.1, -0.05) is 6.07 Å². The summed E-state index contributed by atoms with van der Waals surface area (Å²) < 4.78 is 10.7. The Morgan fingerprint density at radius 2 is 2.16 bits per heavy atom. The van der Waals surface area contributed by atoms with E-state index in [1.807, 2.05) is 18.2 Å². The summed E-state index contributed by atoms with van der Waals surface area (Å²) in [6, 6.07) is 5.92. The van der Waals surface area contributed by atoms with Gasteiger partial charge in [0, 0.05) is 6.42 Å². The van der Waals surface area contributed by atoms with Crippen LogP contribution < -0.4 is 9.47 Å². The molecule has 0 aliphatic carbocycles. The van der Waals surface area contributed by atoms with Gasteiger partial charge in [-0.25, -0.2) is 9.97 Å². The summed E-state index contributed by atoms with van der Waals surface area (Å²) in [4.78, 5) is 8.20. The number of ether oxygens (including phenoxy) is 2. The third-order valence-electron chi connectivity index (χ3n) is 3.11. The average molecular weight is 254 g/mol. The molecule has 2 aromatic heterocycles. The molecular weight excluding hydrogens is 244 g/mol. The van der Waals surface area contributed by atoms with Gasteiger partial charge in [0.15, 0.2) is 11.5 Å². The standard InChI is InChI=1S/C13H10N4O2/c1-2-11-12(19-7-18-11)4-8(1)3-9-13-10(17-16-9)5-14-6-15-13/h1-2,4-6H,3,7H2,(H,16,17). The van der Waals surface area contributed by atoms with Gasteiger partial charge in [0.25, 0.3) is 0 Å². The lowest BCUT2D eigenvalue weighted by molar-refractivity contribution is 0.174. The number of aromatic amines is 1. The third kappa shape index (κ3) is 1.69. The first kappa shape index (κ1) is 10.3. The molecule has 3 heterocycles. The Morgan fingerprint density at radius 1 is 1.21 bits per heavy atom. The van der Waals surface area contributed by atoms with Crippen molar-refractivity contribution in [3.63, 3.8) is 0 Å². The molecule has 0 atom stereocenters. The molecule has 1 aromatic carbocycles. The minimum absolute atomic E-state index is 0.291. The van der Waals surface area contributed by atoms with Crippen molar-refractivity contribution >= 4 is 11.0 Å². The number of fused-ring (bicyclic) bond motifs is 2. The fraction of sp³-hybridized carbons (Fsp3) is 0.154. The quantitative estimate of drug-likeness (QED) is 0.753. The maximum absolute atomic E-state index is 5.37. The van der Waals surface area contributed by atoms with E-state index in [0.29, 0.717) is 13.2 Å². The largest absolute Gasteiger partial charge is 0.454 e. The van der Waals surface area contributed by atoms with E-state index in [9.17, 15) is 0 Å². The van der Waals surface area contributed by atoms with Crippen molar-refractivity contribution < 1.29 is 9.47 Å². The third-order valence-corrected chi connectivity index (χ3v) is 3.11. The molecule has 6 heteroatoms. The molecule has 0 spiro atoms. The first-order valence-electron chi connectivity index (χ1n) is 5.91. The maximum Gasteiger partial charge on any atom is 0.231 e. The van der Waals surface area contributed by atoms with Crippen molar-refractivity contribution in [1.82, 2.24) is 20.2 Å². The molecule has 6 nitrogen and oxygen atoms in total. The van der Waals surface area contributed by atoms with E-state index in [0.717, 1.165) is 33.8 Å². The molecule has 0 amide bonds. The van der Waals surface area contributed by atoms with Crippen molar-refractivity contribution in [2.24, 2.45) is 0 Å². The Balaban J connectivity index is 1.71. The lowest BCUT2D eigenvalue weighted by Crippen LogP contribution is -1.93. The topological polar surface area (TPSA) is 72.9 Å². The van der Waals surface area contributed by atoms with E-state index >= 15 is 0 Å². The molecule has 94 valence electrons. The number of rotatable bonds is 2. The minimum atomic E-state index is 0.291. The van der Waals surface area contributed by atoms with E-state index in [1.54, 1.807) is 6.20 Å². The zero-order valence-corrected chi connectivity index (χ0v) is 9.96. The zero-order valence-electron chi connectivity index (χ0n) is 9.96. The number of H-pyrrole nitrogens is 1. The van der Waals surface area contributed by atoms with Gasteiger partial charge >= 0.3 is 0 Å². The number of aromatic nitrogens is 4. The first-order chi connectivity index (χ1) is 9.40. The van der Waals surface area contributed by atoms with Crippen LogP contribution >= 0.6 is 0 Å². The molecule has 0 fully saturated rings. The Kier molecular flexibility index (Phi) is 2.14. The van der Waals surface area contributed by atoms with Crippen LogP contribution in [0.4, 0.5) is 0 Å². The molecular formula is C13H10N4O2. The molecule has 0 unspecified atom stereocenters. The number of nitrogens with zero attached hydrogens (tertiary/aromatic N) is 3. The molecule has 1 N–H and O–H groups in total. The molecule has 1 aliphatic rings. The zero-order chi connectivity index (χ0) is 12.7. The Hall–Kier alpha value is -2.63. The van der Waals surface area contributed by atoms with Crippen molar-refractivity contribution in [2.45, 2.75) is 6.42 Å². The van der Waals surface area contributed by atoms with Crippen LogP contribution in [-0.4, -0.2) is 27.0 Å². The Morgan fingerprint density at radius 3 is 3.16 bits per heavy atom. The summed E-state index contributed by atoms with van der Waals surface area (Å²) in [6.45, 7) is 0.291. The summed E-state index contributed by atoms with van der Waals surface area (Å²) in [5.41, 5.74) is 3.72. The number of nitrogens with one attached hydrogen (secondary N) is 1. The molecule has 0 saturated carbocycles. The van der Waals surface area contributed by atoms with E-state index in [-0.39, 0.29) is 0 Å². The molecule has 0 saturated heterocycles.